The molecule has 0 unspecified atom stereocenters. The number of carbonyl (C=O) groups excluding carboxylic acids is 4. The van der Waals surface area contributed by atoms with Gasteiger partial charge < -0.3 is 14.2 Å². The Morgan fingerprint density at radius 1 is 0.951 bits per heavy atom. The molecule has 0 radical (unpaired) electrons. The van der Waals surface area contributed by atoms with Crippen LogP contribution in [-0.2, 0) is 20.9 Å². The van der Waals surface area contributed by atoms with E-state index in [9.17, 15) is 19.2 Å². The number of urea groups is 1. The number of halogens is 3. The van der Waals surface area contributed by atoms with E-state index in [1.54, 1.807) is 37.3 Å². The molecule has 0 aliphatic carbocycles. The van der Waals surface area contributed by atoms with Gasteiger partial charge in [0.05, 0.1) is 38.1 Å². The van der Waals surface area contributed by atoms with Crippen molar-refractivity contribution in [2.24, 2.45) is 0 Å². The predicted octanol–water partition coefficient (Wildman–Crippen LogP) is 6.42. The zero-order chi connectivity index (χ0) is 29.7. The van der Waals surface area contributed by atoms with E-state index >= 15 is 0 Å². The number of hydrogen-bond acceptors (Lipinski definition) is 7. The molecule has 41 heavy (non-hydrogen) atoms. The summed E-state index contributed by atoms with van der Waals surface area (Å²) in [4.78, 5) is 51.4. The standard InChI is InChI=1S/C29H23Cl2IN2O7/c1-3-39-24-14-17(13-23(32)25(24)41-15-16-5-10-21(30)22(31)12-16)11-20-26(35)33-29(38)34(27(20)36)19-8-6-18(7-9-19)28(37)40-4-2/h5-14H,3-4,15H2,1-2H3,(H,33,35,38)/b20-11+. The molecule has 212 valence electrons. The molecule has 1 fully saturated rings. The molecule has 1 aliphatic heterocycles. The van der Waals surface area contributed by atoms with E-state index in [2.05, 4.69) is 27.9 Å². The van der Waals surface area contributed by atoms with Gasteiger partial charge in [0, 0.05) is 0 Å². The van der Waals surface area contributed by atoms with E-state index in [1.807, 2.05) is 6.92 Å². The number of rotatable bonds is 9. The van der Waals surface area contributed by atoms with Gasteiger partial charge in [-0.25, -0.2) is 14.5 Å². The molecule has 0 bridgehead atoms. The van der Waals surface area contributed by atoms with Crippen LogP contribution in [-0.4, -0.2) is 37.0 Å². The lowest BCUT2D eigenvalue weighted by atomic mass is 10.1. The van der Waals surface area contributed by atoms with Crippen molar-refractivity contribution < 1.29 is 33.4 Å². The molecule has 0 aromatic heterocycles. The molecule has 1 N–H and O–H groups in total. The Morgan fingerprint density at radius 3 is 2.34 bits per heavy atom. The SMILES string of the molecule is CCOC(=O)c1ccc(N2C(=O)NC(=O)/C(=C\c3cc(I)c(OCc4ccc(Cl)c(Cl)c4)c(OCC)c3)C2=O)cc1. The number of carbonyl (C=O) groups is 4. The van der Waals surface area contributed by atoms with Crippen molar-refractivity contribution in [3.8, 4) is 11.5 Å². The van der Waals surface area contributed by atoms with Crippen LogP contribution in [0.1, 0.15) is 35.3 Å². The first kappa shape index (κ1) is 30.4. The highest BCUT2D eigenvalue weighted by Crippen LogP contribution is 2.36. The van der Waals surface area contributed by atoms with Gasteiger partial charge in [-0.15, -0.1) is 0 Å². The lowest BCUT2D eigenvalue weighted by molar-refractivity contribution is -0.122. The third-order valence-electron chi connectivity index (χ3n) is 5.75. The summed E-state index contributed by atoms with van der Waals surface area (Å²) >= 11 is 14.2. The first-order chi connectivity index (χ1) is 19.6. The number of nitrogens with one attached hydrogen (secondary N) is 1. The average Bonchev–Trinajstić information content (AvgIpc) is 2.93. The second-order valence-electron chi connectivity index (χ2n) is 8.53. The number of anilines is 1. The molecule has 0 spiro atoms. The fourth-order valence-corrected chi connectivity index (χ4v) is 4.98. The molecule has 0 saturated carbocycles. The molecule has 12 heteroatoms. The summed E-state index contributed by atoms with van der Waals surface area (Å²) in [6, 6.07) is 13.3. The van der Waals surface area contributed by atoms with Crippen molar-refractivity contribution in [3.05, 3.63) is 90.5 Å². The molecule has 3 aromatic rings. The minimum Gasteiger partial charge on any atom is -0.490 e. The van der Waals surface area contributed by atoms with E-state index in [1.165, 1.54) is 30.3 Å². The number of benzene rings is 3. The molecular formula is C29H23Cl2IN2O7. The monoisotopic (exact) mass is 708 g/mol. The molecule has 1 heterocycles. The van der Waals surface area contributed by atoms with Gasteiger partial charge in [0.15, 0.2) is 11.5 Å². The van der Waals surface area contributed by atoms with Crippen molar-refractivity contribution in [1.29, 1.82) is 0 Å². The number of barbiturate groups is 1. The highest BCUT2D eigenvalue weighted by molar-refractivity contribution is 14.1. The van der Waals surface area contributed by atoms with E-state index < -0.39 is 23.8 Å². The fourth-order valence-electron chi connectivity index (χ4n) is 3.88. The Morgan fingerprint density at radius 2 is 1.68 bits per heavy atom. The summed E-state index contributed by atoms with van der Waals surface area (Å²) in [5.41, 5.74) is 1.45. The number of imide groups is 2. The minimum atomic E-state index is -0.906. The Labute approximate surface area is 259 Å². The molecule has 4 amide bonds. The maximum absolute atomic E-state index is 13.4. The fraction of sp³-hybridized carbons (Fsp3) is 0.172. The summed E-state index contributed by atoms with van der Waals surface area (Å²) in [6.45, 7) is 4.24. The van der Waals surface area contributed by atoms with E-state index in [0.29, 0.717) is 37.3 Å². The number of amides is 4. The second-order valence-corrected chi connectivity index (χ2v) is 10.5. The topological polar surface area (TPSA) is 111 Å². The molecule has 3 aromatic carbocycles. The van der Waals surface area contributed by atoms with Crippen molar-refractivity contribution in [2.75, 3.05) is 18.1 Å². The molecule has 9 nitrogen and oxygen atoms in total. The number of ether oxygens (including phenoxy) is 3. The molecular weight excluding hydrogens is 686 g/mol. The highest BCUT2D eigenvalue weighted by Gasteiger charge is 2.37. The minimum absolute atomic E-state index is 0.176. The smallest absolute Gasteiger partial charge is 0.338 e. The van der Waals surface area contributed by atoms with Gasteiger partial charge in [-0.05, 0) is 102 Å². The largest absolute Gasteiger partial charge is 0.490 e. The van der Waals surface area contributed by atoms with Gasteiger partial charge in [-0.1, -0.05) is 29.3 Å². The lowest BCUT2D eigenvalue weighted by Gasteiger charge is -2.26. The van der Waals surface area contributed by atoms with E-state index in [4.69, 9.17) is 37.4 Å². The van der Waals surface area contributed by atoms with E-state index in [-0.39, 0.29) is 30.0 Å². The van der Waals surface area contributed by atoms with Crippen molar-refractivity contribution >= 4 is 81.4 Å². The van der Waals surface area contributed by atoms with Crippen LogP contribution in [0.15, 0.2) is 60.2 Å². The summed E-state index contributed by atoms with van der Waals surface area (Å²) in [5.74, 6) is -1.33. The van der Waals surface area contributed by atoms with Gasteiger partial charge in [0.2, 0.25) is 0 Å². The predicted molar refractivity (Wildman–Crippen MR) is 163 cm³/mol. The third kappa shape index (κ3) is 7.00. The van der Waals surface area contributed by atoms with Crippen LogP contribution in [0.2, 0.25) is 10.0 Å². The van der Waals surface area contributed by atoms with Crippen LogP contribution in [0.25, 0.3) is 6.08 Å². The lowest BCUT2D eigenvalue weighted by Crippen LogP contribution is -2.54. The van der Waals surface area contributed by atoms with Gasteiger partial charge in [-0.3, -0.25) is 14.9 Å². The van der Waals surface area contributed by atoms with Crippen molar-refractivity contribution in [3.63, 3.8) is 0 Å². The highest BCUT2D eigenvalue weighted by atomic mass is 127. The number of esters is 1. The van der Waals surface area contributed by atoms with Crippen LogP contribution in [0.5, 0.6) is 11.5 Å². The van der Waals surface area contributed by atoms with E-state index in [0.717, 1.165) is 10.5 Å². The summed E-state index contributed by atoms with van der Waals surface area (Å²) < 4.78 is 17.4. The molecule has 0 atom stereocenters. The van der Waals surface area contributed by atoms with Gasteiger partial charge in [-0.2, -0.15) is 0 Å². The summed E-state index contributed by atoms with van der Waals surface area (Å²) in [6.07, 6.45) is 1.37. The number of nitrogens with zero attached hydrogens (tertiary/aromatic N) is 1. The van der Waals surface area contributed by atoms with Crippen LogP contribution >= 0.6 is 45.8 Å². The van der Waals surface area contributed by atoms with Crippen LogP contribution in [0.4, 0.5) is 10.5 Å². The molecule has 1 aliphatic rings. The summed E-state index contributed by atoms with van der Waals surface area (Å²) in [7, 11) is 0. The zero-order valence-electron chi connectivity index (χ0n) is 21.8. The van der Waals surface area contributed by atoms with Crippen LogP contribution in [0.3, 0.4) is 0 Å². The third-order valence-corrected chi connectivity index (χ3v) is 7.29. The maximum atomic E-state index is 13.4. The normalized spacial score (nSPS) is 14.2. The Hall–Kier alpha value is -3.61. The van der Waals surface area contributed by atoms with Crippen LogP contribution < -0.4 is 19.7 Å². The number of hydrogen-bond donors (Lipinski definition) is 1. The summed E-state index contributed by atoms with van der Waals surface area (Å²) in [5, 5.41) is 3.04. The van der Waals surface area contributed by atoms with Gasteiger partial charge in [0.25, 0.3) is 11.8 Å². The first-order valence-electron chi connectivity index (χ1n) is 12.3. The van der Waals surface area contributed by atoms with Crippen molar-refractivity contribution in [1.82, 2.24) is 5.32 Å². The van der Waals surface area contributed by atoms with Gasteiger partial charge in [0.1, 0.15) is 12.2 Å². The zero-order valence-corrected chi connectivity index (χ0v) is 25.5. The average molecular weight is 709 g/mol. The van der Waals surface area contributed by atoms with Gasteiger partial charge >= 0.3 is 12.0 Å². The molecule has 4 rings (SSSR count). The second kappa shape index (κ2) is 13.4. The molecule has 1 saturated heterocycles. The maximum Gasteiger partial charge on any atom is 0.338 e. The van der Waals surface area contributed by atoms with Crippen LogP contribution in [0, 0.1) is 3.57 Å². The Kier molecular flexibility index (Phi) is 9.90. The Balaban J connectivity index is 1.62. The Bertz CT molecular complexity index is 1560. The first-order valence-corrected chi connectivity index (χ1v) is 14.2. The quantitative estimate of drug-likeness (QED) is 0.118. The van der Waals surface area contributed by atoms with Crippen molar-refractivity contribution in [2.45, 2.75) is 20.5 Å².